The Morgan fingerprint density at radius 1 is 1.06 bits per heavy atom. The zero-order valence-electron chi connectivity index (χ0n) is 19.4. The fourth-order valence-electron chi connectivity index (χ4n) is 5.15. The summed E-state index contributed by atoms with van der Waals surface area (Å²) >= 11 is 0. The van der Waals surface area contributed by atoms with Crippen LogP contribution in [0, 0.1) is 5.41 Å². The van der Waals surface area contributed by atoms with Crippen LogP contribution in [0.15, 0.2) is 30.6 Å². The number of piperazine rings is 1. The van der Waals surface area contributed by atoms with E-state index in [1.165, 1.54) is 0 Å². The first-order valence-electron chi connectivity index (χ1n) is 11.7. The molecule has 0 bridgehead atoms. The Morgan fingerprint density at radius 3 is 2.68 bits per heavy atom. The van der Waals surface area contributed by atoms with Crippen LogP contribution in [0.1, 0.15) is 52.2 Å². The second-order valence-corrected chi connectivity index (χ2v) is 10.1. The molecule has 9 nitrogen and oxygen atoms in total. The molecule has 34 heavy (non-hydrogen) atoms. The number of ketones is 1. The van der Waals surface area contributed by atoms with Gasteiger partial charge in [0, 0.05) is 45.3 Å². The number of aromatic nitrogens is 3. The number of rotatable bonds is 3. The molecule has 0 unspecified atom stereocenters. The first kappa shape index (κ1) is 21.1. The molecule has 4 heterocycles. The summed E-state index contributed by atoms with van der Waals surface area (Å²) in [5.41, 5.74) is 3.51. The van der Waals surface area contributed by atoms with E-state index in [0.717, 1.165) is 48.8 Å². The average Bonchev–Trinajstić information content (AvgIpc) is 3.45. The minimum absolute atomic E-state index is 0.0634. The lowest BCUT2D eigenvalue weighted by molar-refractivity contribution is 0.0630. The summed E-state index contributed by atoms with van der Waals surface area (Å²) in [5, 5.41) is 4.47. The normalized spacial score (nSPS) is 19.5. The van der Waals surface area contributed by atoms with Crippen LogP contribution < -0.4 is 9.47 Å². The summed E-state index contributed by atoms with van der Waals surface area (Å²) in [4.78, 5) is 34.6. The zero-order valence-corrected chi connectivity index (χ0v) is 19.4. The van der Waals surface area contributed by atoms with Crippen molar-refractivity contribution in [1.82, 2.24) is 24.4 Å². The number of Topliss-reactive ketones (excluding diaryl/α,β-unsaturated/α-hetero) is 1. The van der Waals surface area contributed by atoms with E-state index in [4.69, 9.17) is 9.47 Å². The number of ether oxygens (including phenoxy) is 2. The Kier molecular flexibility index (Phi) is 4.84. The quantitative estimate of drug-likeness (QED) is 0.592. The smallest absolute Gasteiger partial charge is 0.259 e. The van der Waals surface area contributed by atoms with Crippen molar-refractivity contribution in [3.05, 3.63) is 53.0 Å². The van der Waals surface area contributed by atoms with Gasteiger partial charge in [0.2, 0.25) is 6.79 Å². The van der Waals surface area contributed by atoms with Crippen LogP contribution in [0.25, 0.3) is 5.65 Å². The predicted octanol–water partition coefficient (Wildman–Crippen LogP) is 2.57. The van der Waals surface area contributed by atoms with E-state index >= 15 is 0 Å². The second-order valence-electron chi connectivity index (χ2n) is 10.1. The number of hydrogen-bond donors (Lipinski definition) is 0. The minimum atomic E-state index is -0.136. The number of carbonyl (C=O) groups is 2. The molecule has 0 spiro atoms. The van der Waals surface area contributed by atoms with Gasteiger partial charge in [0.25, 0.3) is 5.91 Å². The fourth-order valence-corrected chi connectivity index (χ4v) is 5.15. The molecule has 0 saturated carbocycles. The monoisotopic (exact) mass is 461 g/mol. The van der Waals surface area contributed by atoms with Crippen LogP contribution in [0.3, 0.4) is 0 Å². The lowest BCUT2D eigenvalue weighted by Gasteiger charge is -2.34. The van der Waals surface area contributed by atoms with Crippen LogP contribution in [0.5, 0.6) is 11.5 Å². The lowest BCUT2D eigenvalue weighted by atomic mass is 9.76. The van der Waals surface area contributed by atoms with Gasteiger partial charge >= 0.3 is 0 Å². The molecule has 0 N–H and O–H groups in total. The van der Waals surface area contributed by atoms with E-state index in [1.54, 1.807) is 16.9 Å². The third kappa shape index (κ3) is 3.60. The zero-order chi connectivity index (χ0) is 23.4. The molecule has 9 heteroatoms. The van der Waals surface area contributed by atoms with Crippen molar-refractivity contribution < 1.29 is 19.1 Å². The van der Waals surface area contributed by atoms with Crippen molar-refractivity contribution in [3.8, 4) is 11.5 Å². The standard InChI is InChI=1S/C25H27N5O4/c1-25(2)10-19-17(20(31)11-25)12-26-23-18(13-27-30(19)23)24(32)29-7-5-28(6-8-29)14-16-3-4-21-22(9-16)34-15-33-21/h3-4,9,12-13H,5-8,10-11,14-15H2,1-2H3. The van der Waals surface area contributed by atoms with Crippen molar-refractivity contribution in [2.24, 2.45) is 5.41 Å². The molecule has 1 saturated heterocycles. The summed E-state index contributed by atoms with van der Waals surface area (Å²) in [7, 11) is 0. The summed E-state index contributed by atoms with van der Waals surface area (Å²) in [6, 6.07) is 6.03. The highest BCUT2D eigenvalue weighted by atomic mass is 16.7. The van der Waals surface area contributed by atoms with Gasteiger partial charge in [0.05, 0.1) is 17.5 Å². The van der Waals surface area contributed by atoms with Gasteiger partial charge in [0.1, 0.15) is 5.56 Å². The maximum Gasteiger partial charge on any atom is 0.259 e. The number of carbonyl (C=O) groups excluding carboxylic acids is 2. The molecule has 1 aliphatic carbocycles. The van der Waals surface area contributed by atoms with E-state index in [2.05, 4.69) is 34.9 Å². The molecule has 0 atom stereocenters. The highest BCUT2D eigenvalue weighted by Gasteiger charge is 2.34. The van der Waals surface area contributed by atoms with E-state index < -0.39 is 0 Å². The molecule has 1 fully saturated rings. The Balaban J connectivity index is 1.16. The molecule has 6 rings (SSSR count). The van der Waals surface area contributed by atoms with Gasteiger partial charge < -0.3 is 14.4 Å². The van der Waals surface area contributed by atoms with Crippen LogP contribution in [0.2, 0.25) is 0 Å². The molecule has 176 valence electrons. The van der Waals surface area contributed by atoms with Crippen molar-refractivity contribution in [3.63, 3.8) is 0 Å². The van der Waals surface area contributed by atoms with Gasteiger partial charge in [-0.2, -0.15) is 5.10 Å². The molecule has 1 amide bonds. The Hall–Kier alpha value is -3.46. The highest BCUT2D eigenvalue weighted by molar-refractivity contribution is 6.01. The largest absolute Gasteiger partial charge is 0.454 e. The second kappa shape index (κ2) is 7.80. The van der Waals surface area contributed by atoms with Crippen molar-refractivity contribution in [2.45, 2.75) is 33.2 Å². The maximum atomic E-state index is 13.3. The number of nitrogens with zero attached hydrogens (tertiary/aromatic N) is 5. The molecular formula is C25H27N5O4. The van der Waals surface area contributed by atoms with Crippen molar-refractivity contribution in [1.29, 1.82) is 0 Å². The Morgan fingerprint density at radius 2 is 1.85 bits per heavy atom. The lowest BCUT2D eigenvalue weighted by Crippen LogP contribution is -2.48. The van der Waals surface area contributed by atoms with Gasteiger partial charge in [-0.25, -0.2) is 9.50 Å². The third-order valence-electron chi connectivity index (χ3n) is 6.94. The van der Waals surface area contributed by atoms with E-state index in [-0.39, 0.29) is 23.9 Å². The molecule has 3 aromatic rings. The van der Waals surface area contributed by atoms with E-state index in [0.29, 0.717) is 36.3 Å². The number of fused-ring (bicyclic) bond motifs is 4. The van der Waals surface area contributed by atoms with Gasteiger partial charge in [-0.15, -0.1) is 0 Å². The fraction of sp³-hybridized carbons (Fsp3) is 0.440. The third-order valence-corrected chi connectivity index (χ3v) is 6.94. The minimum Gasteiger partial charge on any atom is -0.454 e. The molecular weight excluding hydrogens is 434 g/mol. The van der Waals surface area contributed by atoms with E-state index in [1.807, 2.05) is 17.0 Å². The topological polar surface area (TPSA) is 89.3 Å². The van der Waals surface area contributed by atoms with Crippen LogP contribution in [-0.4, -0.2) is 69.1 Å². The SMILES string of the molecule is CC1(C)CC(=O)c2cnc3c(C(=O)N4CCN(Cc5ccc6c(c5)OCO6)CC4)cnn3c2C1. The van der Waals surface area contributed by atoms with Gasteiger partial charge in [-0.3, -0.25) is 14.5 Å². The Labute approximate surface area is 197 Å². The summed E-state index contributed by atoms with van der Waals surface area (Å²) in [6.45, 7) is 8.07. The molecule has 2 aromatic heterocycles. The van der Waals surface area contributed by atoms with Crippen molar-refractivity contribution >= 4 is 17.3 Å². The number of hydrogen-bond acceptors (Lipinski definition) is 7. The maximum absolute atomic E-state index is 13.3. The van der Waals surface area contributed by atoms with Gasteiger partial charge in [-0.1, -0.05) is 19.9 Å². The first-order valence-corrected chi connectivity index (χ1v) is 11.7. The van der Waals surface area contributed by atoms with E-state index in [9.17, 15) is 9.59 Å². The van der Waals surface area contributed by atoms with Gasteiger partial charge in [-0.05, 0) is 29.5 Å². The predicted molar refractivity (Wildman–Crippen MR) is 123 cm³/mol. The molecule has 0 radical (unpaired) electrons. The first-order chi connectivity index (χ1) is 16.4. The Bertz CT molecular complexity index is 1310. The summed E-state index contributed by atoms with van der Waals surface area (Å²) in [5.74, 6) is 1.60. The van der Waals surface area contributed by atoms with Crippen LogP contribution >= 0.6 is 0 Å². The average molecular weight is 462 g/mol. The number of amides is 1. The van der Waals surface area contributed by atoms with Crippen molar-refractivity contribution in [2.75, 3.05) is 33.0 Å². The van der Waals surface area contributed by atoms with Crippen LogP contribution in [-0.2, 0) is 13.0 Å². The molecule has 3 aliphatic rings. The molecule has 1 aromatic carbocycles. The summed E-state index contributed by atoms with van der Waals surface area (Å²) in [6.07, 6.45) is 4.43. The van der Waals surface area contributed by atoms with Gasteiger partial charge in [0.15, 0.2) is 22.9 Å². The number of benzene rings is 1. The highest BCUT2D eigenvalue weighted by Crippen LogP contribution is 2.35. The molecule has 2 aliphatic heterocycles. The van der Waals surface area contributed by atoms with Crippen LogP contribution in [0.4, 0.5) is 0 Å². The summed E-state index contributed by atoms with van der Waals surface area (Å²) < 4.78 is 12.6.